The molecule has 196 valence electrons. The average Bonchev–Trinajstić information content (AvgIpc) is 3.44. The number of benzene rings is 2. The predicted octanol–water partition coefficient (Wildman–Crippen LogP) is 3.60. The summed E-state index contributed by atoms with van der Waals surface area (Å²) in [4.78, 5) is 43.8. The van der Waals surface area contributed by atoms with E-state index in [1.807, 2.05) is 65.7 Å². The second kappa shape index (κ2) is 10.6. The van der Waals surface area contributed by atoms with E-state index in [1.54, 1.807) is 11.1 Å². The van der Waals surface area contributed by atoms with E-state index in [2.05, 4.69) is 26.8 Å². The normalized spacial score (nSPS) is 17.8. The summed E-state index contributed by atoms with van der Waals surface area (Å²) in [6, 6.07) is 17.8. The van der Waals surface area contributed by atoms with Crippen molar-refractivity contribution in [2.45, 2.75) is 18.9 Å². The Morgan fingerprint density at radius 1 is 0.947 bits per heavy atom. The van der Waals surface area contributed by atoms with Crippen molar-refractivity contribution in [2.75, 3.05) is 57.8 Å². The standard InChI is InChI=1S/C30H34N6O2/c1-33-14-10-25(11-15-33)34-16-18-35(19-17-34)28(37)21-36(27-6-2-4-23-5-3-12-32-29(23)27)30(38)24-8-7-22-9-13-31-26(22)20-24/h2-9,12-13,20,25,31H,10-11,14-19,21H2,1H3. The Balaban J connectivity index is 1.24. The van der Waals surface area contributed by atoms with E-state index in [0.717, 1.165) is 42.5 Å². The maximum absolute atomic E-state index is 14.0. The number of H-pyrrole nitrogens is 1. The number of piperidine rings is 1. The summed E-state index contributed by atoms with van der Waals surface area (Å²) >= 11 is 0. The van der Waals surface area contributed by atoms with Crippen LogP contribution in [-0.4, -0.2) is 95.4 Å². The van der Waals surface area contributed by atoms with E-state index in [1.165, 1.54) is 12.8 Å². The quantitative estimate of drug-likeness (QED) is 0.444. The highest BCUT2D eigenvalue weighted by molar-refractivity contribution is 6.13. The Labute approximate surface area is 222 Å². The molecule has 2 aliphatic heterocycles. The Hall–Kier alpha value is -3.75. The van der Waals surface area contributed by atoms with Gasteiger partial charge in [0, 0.05) is 61.1 Å². The van der Waals surface area contributed by atoms with Gasteiger partial charge >= 0.3 is 0 Å². The number of carbonyl (C=O) groups is 2. The topological polar surface area (TPSA) is 75.8 Å². The van der Waals surface area contributed by atoms with Crippen LogP contribution in [0.5, 0.6) is 0 Å². The summed E-state index contributed by atoms with van der Waals surface area (Å²) < 4.78 is 0. The molecule has 38 heavy (non-hydrogen) atoms. The molecule has 4 aromatic rings. The lowest BCUT2D eigenvalue weighted by Crippen LogP contribution is -2.55. The number of rotatable bonds is 5. The van der Waals surface area contributed by atoms with Gasteiger partial charge in [0.1, 0.15) is 6.54 Å². The van der Waals surface area contributed by atoms with Crippen LogP contribution in [-0.2, 0) is 4.79 Å². The minimum atomic E-state index is -0.210. The fourth-order valence-electron chi connectivity index (χ4n) is 5.84. The van der Waals surface area contributed by atoms with E-state index < -0.39 is 0 Å². The molecule has 8 nitrogen and oxygen atoms in total. The summed E-state index contributed by atoms with van der Waals surface area (Å²) in [7, 11) is 2.18. The van der Waals surface area contributed by atoms with Crippen LogP contribution in [0.2, 0.25) is 0 Å². The number of carbonyl (C=O) groups excluding carboxylic acids is 2. The van der Waals surface area contributed by atoms with Crippen molar-refractivity contribution in [3.8, 4) is 0 Å². The second-order valence-electron chi connectivity index (χ2n) is 10.5. The first kappa shape index (κ1) is 24.6. The molecular formula is C30H34N6O2. The number of amides is 2. The molecule has 8 heteroatoms. The molecule has 2 aromatic heterocycles. The molecule has 2 amide bonds. The molecule has 2 aliphatic rings. The van der Waals surface area contributed by atoms with E-state index in [0.29, 0.717) is 35.9 Å². The minimum absolute atomic E-state index is 0.0223. The average molecular weight is 511 g/mol. The number of para-hydroxylation sites is 1. The zero-order valence-corrected chi connectivity index (χ0v) is 21.8. The highest BCUT2D eigenvalue weighted by atomic mass is 16.2. The number of aromatic amines is 1. The lowest BCUT2D eigenvalue weighted by molar-refractivity contribution is -0.131. The molecule has 6 rings (SSSR count). The monoisotopic (exact) mass is 510 g/mol. The Morgan fingerprint density at radius 2 is 1.74 bits per heavy atom. The van der Waals surface area contributed by atoms with Crippen molar-refractivity contribution in [2.24, 2.45) is 0 Å². The third-order valence-electron chi connectivity index (χ3n) is 8.11. The number of nitrogens with zero attached hydrogens (tertiary/aromatic N) is 5. The summed E-state index contributed by atoms with van der Waals surface area (Å²) in [5, 5.41) is 1.97. The van der Waals surface area contributed by atoms with E-state index in [4.69, 9.17) is 0 Å². The van der Waals surface area contributed by atoms with Crippen molar-refractivity contribution in [3.05, 3.63) is 72.6 Å². The first-order valence-electron chi connectivity index (χ1n) is 13.5. The number of nitrogens with one attached hydrogen (secondary N) is 1. The number of fused-ring (bicyclic) bond motifs is 2. The lowest BCUT2D eigenvalue weighted by atomic mass is 10.0. The highest BCUT2D eigenvalue weighted by Crippen LogP contribution is 2.27. The van der Waals surface area contributed by atoms with Crippen LogP contribution in [0.4, 0.5) is 5.69 Å². The molecule has 1 N–H and O–H groups in total. The minimum Gasteiger partial charge on any atom is -0.361 e. The van der Waals surface area contributed by atoms with Gasteiger partial charge < -0.3 is 14.8 Å². The molecule has 0 aliphatic carbocycles. The van der Waals surface area contributed by atoms with Gasteiger partial charge in [-0.1, -0.05) is 24.3 Å². The van der Waals surface area contributed by atoms with Crippen LogP contribution in [0.3, 0.4) is 0 Å². The maximum atomic E-state index is 14.0. The van der Waals surface area contributed by atoms with Gasteiger partial charge in [0.25, 0.3) is 5.91 Å². The highest BCUT2D eigenvalue weighted by Gasteiger charge is 2.30. The maximum Gasteiger partial charge on any atom is 0.258 e. The Kier molecular flexibility index (Phi) is 6.82. The predicted molar refractivity (Wildman–Crippen MR) is 150 cm³/mol. The zero-order chi connectivity index (χ0) is 26.1. The van der Waals surface area contributed by atoms with Crippen LogP contribution < -0.4 is 4.90 Å². The third-order valence-corrected chi connectivity index (χ3v) is 8.11. The largest absolute Gasteiger partial charge is 0.361 e. The van der Waals surface area contributed by atoms with Crippen molar-refractivity contribution in [3.63, 3.8) is 0 Å². The van der Waals surface area contributed by atoms with Gasteiger partial charge in [-0.15, -0.1) is 0 Å². The molecule has 0 saturated carbocycles. The van der Waals surface area contributed by atoms with Crippen LogP contribution in [0.25, 0.3) is 21.8 Å². The van der Waals surface area contributed by atoms with Crippen LogP contribution in [0.1, 0.15) is 23.2 Å². The molecule has 2 saturated heterocycles. The molecule has 0 atom stereocenters. The summed E-state index contributed by atoms with van der Waals surface area (Å²) in [5.41, 5.74) is 2.79. The van der Waals surface area contributed by atoms with E-state index in [9.17, 15) is 9.59 Å². The fourth-order valence-corrected chi connectivity index (χ4v) is 5.84. The molecule has 4 heterocycles. The first-order chi connectivity index (χ1) is 18.6. The number of hydrogen-bond donors (Lipinski definition) is 1. The van der Waals surface area contributed by atoms with Gasteiger partial charge in [0.15, 0.2) is 0 Å². The number of aromatic nitrogens is 2. The van der Waals surface area contributed by atoms with Gasteiger partial charge in [-0.3, -0.25) is 24.4 Å². The third kappa shape index (κ3) is 4.89. The van der Waals surface area contributed by atoms with E-state index >= 15 is 0 Å². The summed E-state index contributed by atoms with van der Waals surface area (Å²) in [5.74, 6) is -0.242. The number of piperazine rings is 1. The van der Waals surface area contributed by atoms with Gasteiger partial charge in [0.2, 0.25) is 5.91 Å². The molecule has 2 fully saturated rings. The van der Waals surface area contributed by atoms with Gasteiger partial charge in [-0.2, -0.15) is 0 Å². The van der Waals surface area contributed by atoms with Gasteiger partial charge in [-0.05, 0) is 68.7 Å². The first-order valence-corrected chi connectivity index (χ1v) is 13.5. The number of likely N-dealkylation sites (tertiary alicyclic amines) is 1. The van der Waals surface area contributed by atoms with Crippen LogP contribution in [0, 0.1) is 0 Å². The molecule has 0 bridgehead atoms. The zero-order valence-electron chi connectivity index (χ0n) is 21.8. The van der Waals surface area contributed by atoms with Crippen LogP contribution >= 0.6 is 0 Å². The summed E-state index contributed by atoms with van der Waals surface area (Å²) in [6.07, 6.45) is 5.96. The Morgan fingerprint density at radius 3 is 2.55 bits per heavy atom. The molecule has 0 unspecified atom stereocenters. The second-order valence-corrected chi connectivity index (χ2v) is 10.5. The number of anilines is 1. The van der Waals surface area contributed by atoms with Crippen LogP contribution in [0.15, 0.2) is 67.0 Å². The Bertz CT molecular complexity index is 1440. The molecule has 2 aromatic carbocycles. The van der Waals surface area contributed by atoms with Crippen molar-refractivity contribution in [1.82, 2.24) is 24.7 Å². The molecule has 0 radical (unpaired) electrons. The van der Waals surface area contributed by atoms with Crippen molar-refractivity contribution < 1.29 is 9.59 Å². The molecular weight excluding hydrogens is 476 g/mol. The fraction of sp³-hybridized carbons (Fsp3) is 0.367. The SMILES string of the molecule is CN1CCC(N2CCN(C(=O)CN(C(=O)c3ccc4cc[nH]c4c3)c3cccc4cccnc34)CC2)CC1. The van der Waals surface area contributed by atoms with E-state index in [-0.39, 0.29) is 18.4 Å². The smallest absolute Gasteiger partial charge is 0.258 e. The van der Waals surface area contributed by atoms with Gasteiger partial charge in [0.05, 0.1) is 11.2 Å². The van der Waals surface area contributed by atoms with Crippen molar-refractivity contribution >= 4 is 39.3 Å². The van der Waals surface area contributed by atoms with Gasteiger partial charge in [-0.25, -0.2) is 0 Å². The number of pyridine rings is 1. The summed E-state index contributed by atoms with van der Waals surface area (Å²) in [6.45, 7) is 5.39. The van der Waals surface area contributed by atoms with Crippen molar-refractivity contribution in [1.29, 1.82) is 0 Å². The number of hydrogen-bond acceptors (Lipinski definition) is 5. The molecule has 0 spiro atoms. The lowest BCUT2D eigenvalue weighted by Gasteiger charge is -2.42.